The molecule has 0 unspecified atom stereocenters. The number of H-pyrrole nitrogens is 1. The zero-order valence-corrected chi connectivity index (χ0v) is 17.0. The predicted molar refractivity (Wildman–Crippen MR) is 110 cm³/mol. The van der Waals surface area contributed by atoms with Gasteiger partial charge in [0.2, 0.25) is 0 Å². The molecule has 0 aliphatic heterocycles. The average molecular weight is 431 g/mol. The Morgan fingerprint density at radius 3 is 2.68 bits per heavy atom. The minimum Gasteiger partial charge on any atom is -0.494 e. The molecule has 162 valence electrons. The van der Waals surface area contributed by atoms with Gasteiger partial charge in [0.05, 0.1) is 25.2 Å². The van der Waals surface area contributed by atoms with Crippen molar-refractivity contribution in [2.75, 3.05) is 7.11 Å². The number of carboxylic acids is 1. The van der Waals surface area contributed by atoms with Crippen LogP contribution in [0, 0.1) is 11.6 Å². The molecule has 0 bridgehead atoms. The molecule has 2 N–H and O–H groups in total. The summed E-state index contributed by atoms with van der Waals surface area (Å²) >= 11 is 0. The van der Waals surface area contributed by atoms with Crippen molar-refractivity contribution in [1.29, 1.82) is 0 Å². The fourth-order valence-corrected chi connectivity index (χ4v) is 4.06. The number of carboxylic acid groups (broad SMARTS) is 1. The molecule has 0 radical (unpaired) electrons. The van der Waals surface area contributed by atoms with E-state index in [1.54, 1.807) is 24.5 Å². The SMILES string of the molecule is COc1cc(-n2c(C(C)C)c([C@@H](F)CC(=O)O)c3c(F)c4[nH]ncc4cc32)ccc1F. The van der Waals surface area contributed by atoms with E-state index in [0.29, 0.717) is 22.3 Å². The van der Waals surface area contributed by atoms with Gasteiger partial charge in [-0.3, -0.25) is 9.89 Å². The lowest BCUT2D eigenvalue weighted by molar-refractivity contribution is -0.138. The number of hydrogen-bond acceptors (Lipinski definition) is 3. The number of aromatic nitrogens is 3. The number of fused-ring (bicyclic) bond motifs is 2. The van der Waals surface area contributed by atoms with Crippen molar-refractivity contribution in [3.63, 3.8) is 0 Å². The number of benzene rings is 2. The highest BCUT2D eigenvalue weighted by molar-refractivity contribution is 6.00. The number of rotatable bonds is 6. The first kappa shape index (κ1) is 20.8. The van der Waals surface area contributed by atoms with Gasteiger partial charge in [0, 0.05) is 33.8 Å². The van der Waals surface area contributed by atoms with Crippen LogP contribution in [0.2, 0.25) is 0 Å². The lowest BCUT2D eigenvalue weighted by atomic mass is 9.97. The van der Waals surface area contributed by atoms with Crippen LogP contribution in [-0.4, -0.2) is 33.0 Å². The summed E-state index contributed by atoms with van der Waals surface area (Å²) < 4.78 is 51.6. The third-order valence-electron chi connectivity index (χ3n) is 5.29. The van der Waals surface area contributed by atoms with Crippen LogP contribution in [-0.2, 0) is 4.79 Å². The molecule has 2 aromatic carbocycles. The lowest BCUT2D eigenvalue weighted by Crippen LogP contribution is -2.08. The third-order valence-corrected chi connectivity index (χ3v) is 5.29. The Morgan fingerprint density at radius 2 is 2.03 bits per heavy atom. The van der Waals surface area contributed by atoms with E-state index in [9.17, 15) is 9.18 Å². The molecule has 0 fully saturated rings. The summed E-state index contributed by atoms with van der Waals surface area (Å²) in [6.45, 7) is 3.60. The number of halogens is 3. The monoisotopic (exact) mass is 431 g/mol. The molecular weight excluding hydrogens is 411 g/mol. The molecule has 4 rings (SSSR count). The second kappa shape index (κ2) is 7.64. The van der Waals surface area contributed by atoms with Crippen LogP contribution in [0.5, 0.6) is 5.75 Å². The quantitative estimate of drug-likeness (QED) is 0.428. The number of nitrogens with zero attached hydrogens (tertiary/aromatic N) is 2. The number of methoxy groups -OCH3 is 1. The van der Waals surface area contributed by atoms with Gasteiger partial charge in [0.15, 0.2) is 17.4 Å². The second-order valence-electron chi connectivity index (χ2n) is 7.59. The molecule has 6 nitrogen and oxygen atoms in total. The summed E-state index contributed by atoms with van der Waals surface area (Å²) in [6.07, 6.45) is -1.32. The molecule has 0 aliphatic rings. The van der Waals surface area contributed by atoms with Gasteiger partial charge in [0.1, 0.15) is 11.7 Å². The van der Waals surface area contributed by atoms with Gasteiger partial charge in [-0.25, -0.2) is 13.2 Å². The van der Waals surface area contributed by atoms with E-state index in [-0.39, 0.29) is 28.1 Å². The van der Waals surface area contributed by atoms with E-state index in [2.05, 4.69) is 10.2 Å². The standard InChI is InChI=1S/C22H20F3N3O3/c1-10(2)22-18(14(24)8-17(29)30)19-15(6-11-9-26-27-21(11)20(19)25)28(22)12-4-5-13(23)16(7-12)31-3/h4-7,9-10,14H,8H2,1-3H3,(H,26,27)(H,29,30)/t14-/m0/s1. The summed E-state index contributed by atoms with van der Waals surface area (Å²) in [7, 11) is 1.32. The Labute approximate surface area is 175 Å². The maximum atomic E-state index is 15.6. The average Bonchev–Trinajstić information content (AvgIpc) is 3.31. The van der Waals surface area contributed by atoms with Crippen LogP contribution < -0.4 is 4.74 Å². The van der Waals surface area contributed by atoms with Crippen LogP contribution in [0.4, 0.5) is 13.2 Å². The molecular formula is C22H20F3N3O3. The summed E-state index contributed by atoms with van der Waals surface area (Å²) in [5.74, 6) is -2.96. The molecule has 2 heterocycles. The second-order valence-corrected chi connectivity index (χ2v) is 7.59. The van der Waals surface area contributed by atoms with Gasteiger partial charge in [-0.1, -0.05) is 13.8 Å². The van der Waals surface area contributed by atoms with Crippen LogP contribution in [0.1, 0.15) is 43.6 Å². The zero-order valence-electron chi connectivity index (χ0n) is 17.0. The first-order valence-corrected chi connectivity index (χ1v) is 9.64. The van der Waals surface area contributed by atoms with Gasteiger partial charge in [-0.15, -0.1) is 0 Å². The lowest BCUT2D eigenvalue weighted by Gasteiger charge is -2.17. The maximum absolute atomic E-state index is 15.6. The van der Waals surface area contributed by atoms with E-state index in [0.717, 1.165) is 0 Å². The van der Waals surface area contributed by atoms with E-state index < -0.39 is 30.2 Å². The van der Waals surface area contributed by atoms with Gasteiger partial charge in [-0.2, -0.15) is 5.10 Å². The van der Waals surface area contributed by atoms with Crippen LogP contribution in [0.15, 0.2) is 30.5 Å². The van der Waals surface area contributed by atoms with Crippen molar-refractivity contribution in [3.05, 3.63) is 53.4 Å². The molecule has 1 atom stereocenters. The molecule has 0 saturated carbocycles. The molecule has 9 heteroatoms. The Hall–Kier alpha value is -3.49. The fraction of sp³-hybridized carbons (Fsp3) is 0.273. The zero-order chi connectivity index (χ0) is 22.4. The number of hydrogen-bond donors (Lipinski definition) is 2. The van der Waals surface area contributed by atoms with Crippen LogP contribution >= 0.6 is 0 Å². The molecule has 0 amide bonds. The number of carbonyl (C=O) groups is 1. The molecule has 31 heavy (non-hydrogen) atoms. The number of aliphatic carboxylic acids is 1. The minimum atomic E-state index is -1.95. The number of alkyl halides is 1. The highest BCUT2D eigenvalue weighted by Crippen LogP contribution is 2.43. The van der Waals surface area contributed by atoms with Crippen molar-refractivity contribution in [2.45, 2.75) is 32.4 Å². The molecule has 0 aliphatic carbocycles. The molecule has 2 aromatic heterocycles. The molecule has 0 saturated heterocycles. The highest BCUT2D eigenvalue weighted by Gasteiger charge is 2.31. The summed E-state index contributed by atoms with van der Waals surface area (Å²) in [5.41, 5.74) is 1.22. The van der Waals surface area contributed by atoms with Crippen molar-refractivity contribution in [3.8, 4) is 11.4 Å². The first-order valence-electron chi connectivity index (χ1n) is 9.64. The highest BCUT2D eigenvalue weighted by atomic mass is 19.1. The van der Waals surface area contributed by atoms with Gasteiger partial charge in [-0.05, 0) is 24.1 Å². The van der Waals surface area contributed by atoms with E-state index in [1.807, 2.05) is 0 Å². The van der Waals surface area contributed by atoms with Crippen molar-refractivity contribution in [2.24, 2.45) is 0 Å². The largest absolute Gasteiger partial charge is 0.494 e. The normalized spacial score (nSPS) is 12.7. The van der Waals surface area contributed by atoms with E-state index in [4.69, 9.17) is 9.84 Å². The predicted octanol–water partition coefficient (Wildman–Crippen LogP) is 5.40. The molecule has 4 aromatic rings. The van der Waals surface area contributed by atoms with Crippen molar-refractivity contribution >= 4 is 27.8 Å². The van der Waals surface area contributed by atoms with E-state index >= 15 is 8.78 Å². The maximum Gasteiger partial charge on any atom is 0.306 e. The van der Waals surface area contributed by atoms with Crippen molar-refractivity contribution < 1.29 is 27.8 Å². The van der Waals surface area contributed by atoms with Crippen molar-refractivity contribution in [1.82, 2.24) is 14.8 Å². The summed E-state index contributed by atoms with van der Waals surface area (Å²) in [5, 5.41) is 16.0. The number of nitrogens with one attached hydrogen (secondary N) is 1. The fourth-order valence-electron chi connectivity index (χ4n) is 4.06. The Morgan fingerprint density at radius 1 is 1.29 bits per heavy atom. The third kappa shape index (κ3) is 3.30. The minimum absolute atomic E-state index is 0.0252. The number of aromatic amines is 1. The number of ether oxygens (including phenoxy) is 1. The Balaban J connectivity index is 2.17. The Bertz CT molecular complexity index is 1310. The Kier molecular flexibility index (Phi) is 5.12. The van der Waals surface area contributed by atoms with Crippen LogP contribution in [0.25, 0.3) is 27.5 Å². The summed E-state index contributed by atoms with van der Waals surface area (Å²) in [6, 6.07) is 5.78. The van der Waals surface area contributed by atoms with Crippen LogP contribution in [0.3, 0.4) is 0 Å². The van der Waals surface area contributed by atoms with Gasteiger partial charge < -0.3 is 14.4 Å². The van der Waals surface area contributed by atoms with Gasteiger partial charge >= 0.3 is 5.97 Å². The smallest absolute Gasteiger partial charge is 0.306 e. The molecule has 0 spiro atoms. The first-order chi connectivity index (χ1) is 14.7. The van der Waals surface area contributed by atoms with E-state index in [1.165, 1.54) is 31.5 Å². The van der Waals surface area contributed by atoms with Gasteiger partial charge in [0.25, 0.3) is 0 Å². The summed E-state index contributed by atoms with van der Waals surface area (Å²) in [4.78, 5) is 11.2. The topological polar surface area (TPSA) is 80.1 Å².